The normalized spacial score (nSPS) is 16.3. The summed E-state index contributed by atoms with van der Waals surface area (Å²) in [4.78, 5) is 12.3. The number of carbonyl (C=O) groups excluding carboxylic acids is 1. The number of carbonyl (C=O) groups is 1. The highest BCUT2D eigenvalue weighted by Crippen LogP contribution is 2.26. The first-order valence-corrected chi connectivity index (χ1v) is 10.9. The molecular weight excluding hydrogens is 372 g/mol. The molecule has 0 atom stereocenters. The number of amides is 1. The molecule has 0 radical (unpaired) electrons. The molecule has 8 heteroatoms. The predicted octanol–water partition coefficient (Wildman–Crippen LogP) is 2.34. The molecule has 140 valence electrons. The van der Waals surface area contributed by atoms with Crippen LogP contribution in [0.4, 0.5) is 0 Å². The van der Waals surface area contributed by atoms with Crippen molar-refractivity contribution in [2.45, 2.75) is 17.1 Å². The quantitative estimate of drug-likeness (QED) is 0.732. The van der Waals surface area contributed by atoms with Crippen LogP contribution in [0, 0.1) is 5.92 Å². The summed E-state index contributed by atoms with van der Waals surface area (Å²) >= 11 is 1.22. The summed E-state index contributed by atoms with van der Waals surface area (Å²) in [5, 5.41) is 4.63. The molecule has 6 nitrogen and oxygen atoms in total. The summed E-state index contributed by atoms with van der Waals surface area (Å²) in [5.74, 6) is 0.588. The number of nitrogens with zero attached hydrogens (tertiary/aromatic N) is 1. The van der Waals surface area contributed by atoms with Crippen LogP contribution in [0.1, 0.15) is 12.8 Å². The van der Waals surface area contributed by atoms with Gasteiger partial charge in [-0.1, -0.05) is 24.3 Å². The van der Waals surface area contributed by atoms with Gasteiger partial charge in [-0.15, -0.1) is 11.3 Å². The van der Waals surface area contributed by atoms with Gasteiger partial charge in [0, 0.05) is 19.0 Å². The second-order valence-corrected chi connectivity index (χ2v) is 9.18. The van der Waals surface area contributed by atoms with E-state index >= 15 is 0 Å². The van der Waals surface area contributed by atoms with E-state index in [0.717, 1.165) is 5.75 Å². The highest BCUT2D eigenvalue weighted by Gasteiger charge is 2.32. The van der Waals surface area contributed by atoms with E-state index in [1.54, 1.807) is 17.5 Å². The van der Waals surface area contributed by atoms with Gasteiger partial charge in [-0.05, 0) is 36.4 Å². The van der Waals surface area contributed by atoms with Crippen LogP contribution in [0.3, 0.4) is 0 Å². The van der Waals surface area contributed by atoms with Gasteiger partial charge in [0.2, 0.25) is 5.91 Å². The summed E-state index contributed by atoms with van der Waals surface area (Å²) < 4.78 is 32.4. The summed E-state index contributed by atoms with van der Waals surface area (Å²) in [6.45, 7) is 1.58. The molecule has 0 saturated carbocycles. The van der Waals surface area contributed by atoms with Gasteiger partial charge in [0.25, 0.3) is 10.0 Å². The molecule has 2 heterocycles. The number of hydrogen-bond acceptors (Lipinski definition) is 5. The molecule has 3 rings (SSSR count). The summed E-state index contributed by atoms with van der Waals surface area (Å²) in [6.07, 6.45) is 1.08. The lowest BCUT2D eigenvalue weighted by Crippen LogP contribution is -2.43. The molecule has 0 aliphatic carbocycles. The number of benzene rings is 1. The fourth-order valence-corrected chi connectivity index (χ4v) is 5.51. The number of para-hydroxylation sites is 1. The molecule has 0 bridgehead atoms. The number of ether oxygens (including phenoxy) is 1. The third kappa shape index (κ3) is 4.63. The summed E-state index contributed by atoms with van der Waals surface area (Å²) in [7, 11) is -3.42. The van der Waals surface area contributed by atoms with Crippen LogP contribution in [0.25, 0.3) is 0 Å². The van der Waals surface area contributed by atoms with Gasteiger partial charge >= 0.3 is 0 Å². The van der Waals surface area contributed by atoms with E-state index in [1.807, 2.05) is 30.3 Å². The number of rotatable bonds is 7. The van der Waals surface area contributed by atoms with Gasteiger partial charge in [-0.25, -0.2) is 8.42 Å². The molecule has 26 heavy (non-hydrogen) atoms. The van der Waals surface area contributed by atoms with Crippen molar-refractivity contribution < 1.29 is 17.9 Å². The second-order valence-electron chi connectivity index (χ2n) is 6.06. The highest BCUT2D eigenvalue weighted by molar-refractivity contribution is 7.91. The van der Waals surface area contributed by atoms with Crippen LogP contribution in [0.5, 0.6) is 5.75 Å². The van der Waals surface area contributed by atoms with E-state index in [0.29, 0.717) is 43.3 Å². The second kappa shape index (κ2) is 8.66. The molecule has 1 saturated heterocycles. The number of nitrogens with one attached hydrogen (secondary N) is 1. The maximum atomic E-state index is 12.5. The van der Waals surface area contributed by atoms with Crippen molar-refractivity contribution in [3.05, 3.63) is 47.8 Å². The average molecular weight is 395 g/mol. The predicted molar refractivity (Wildman–Crippen MR) is 101 cm³/mol. The zero-order chi connectivity index (χ0) is 18.4. The van der Waals surface area contributed by atoms with Crippen molar-refractivity contribution in [1.82, 2.24) is 9.62 Å². The number of sulfonamides is 1. The zero-order valence-electron chi connectivity index (χ0n) is 14.3. The topological polar surface area (TPSA) is 75.7 Å². The zero-order valence-corrected chi connectivity index (χ0v) is 16.0. The van der Waals surface area contributed by atoms with E-state index in [2.05, 4.69) is 5.32 Å². The first-order chi connectivity index (χ1) is 12.6. The molecule has 0 spiro atoms. The number of thiophene rings is 1. The summed E-state index contributed by atoms with van der Waals surface area (Å²) in [6, 6.07) is 12.8. The highest BCUT2D eigenvalue weighted by atomic mass is 32.2. The molecule has 1 aromatic heterocycles. The van der Waals surface area contributed by atoms with Crippen LogP contribution in [-0.4, -0.2) is 44.9 Å². The van der Waals surface area contributed by atoms with Crippen LogP contribution in [-0.2, 0) is 14.8 Å². The lowest BCUT2D eigenvalue weighted by atomic mass is 9.97. The van der Waals surface area contributed by atoms with E-state index in [4.69, 9.17) is 4.74 Å². The van der Waals surface area contributed by atoms with Crippen LogP contribution < -0.4 is 10.1 Å². The largest absolute Gasteiger partial charge is 0.492 e. The van der Waals surface area contributed by atoms with Crippen molar-refractivity contribution in [1.29, 1.82) is 0 Å². The van der Waals surface area contributed by atoms with Crippen molar-refractivity contribution in [3.8, 4) is 5.75 Å². The van der Waals surface area contributed by atoms with Gasteiger partial charge in [0.05, 0.1) is 6.54 Å². The van der Waals surface area contributed by atoms with E-state index < -0.39 is 10.0 Å². The molecule has 1 aromatic carbocycles. The van der Waals surface area contributed by atoms with E-state index in [1.165, 1.54) is 15.6 Å². The molecule has 1 aliphatic heterocycles. The lowest BCUT2D eigenvalue weighted by molar-refractivity contribution is -0.126. The Labute approximate surface area is 157 Å². The Hall–Kier alpha value is -1.90. The van der Waals surface area contributed by atoms with Crippen LogP contribution >= 0.6 is 11.3 Å². The molecule has 1 fully saturated rings. The van der Waals surface area contributed by atoms with Gasteiger partial charge in [0.15, 0.2) is 0 Å². The van der Waals surface area contributed by atoms with Gasteiger partial charge in [-0.2, -0.15) is 4.31 Å². The van der Waals surface area contributed by atoms with Gasteiger partial charge < -0.3 is 10.1 Å². The SMILES string of the molecule is O=C(NCCOc1ccccc1)C1CCN(S(=O)(=O)c2cccs2)CC1. The molecule has 2 aromatic rings. The Bertz CT molecular complexity index is 799. The molecule has 1 N–H and O–H groups in total. The molecule has 1 aliphatic rings. The lowest BCUT2D eigenvalue weighted by Gasteiger charge is -2.30. The third-order valence-corrected chi connectivity index (χ3v) is 7.60. The fourth-order valence-electron chi connectivity index (χ4n) is 2.90. The fraction of sp³-hybridized carbons (Fsp3) is 0.389. The Balaban J connectivity index is 1.41. The molecule has 1 amide bonds. The van der Waals surface area contributed by atoms with Crippen LogP contribution in [0.2, 0.25) is 0 Å². The van der Waals surface area contributed by atoms with Gasteiger partial charge in [-0.3, -0.25) is 4.79 Å². The minimum Gasteiger partial charge on any atom is -0.492 e. The van der Waals surface area contributed by atoms with Crippen molar-refractivity contribution in [3.63, 3.8) is 0 Å². The minimum atomic E-state index is -3.42. The monoisotopic (exact) mass is 394 g/mol. The van der Waals surface area contributed by atoms with Crippen LogP contribution in [0.15, 0.2) is 52.1 Å². The van der Waals surface area contributed by atoms with Crippen molar-refractivity contribution in [2.24, 2.45) is 5.92 Å². The Morgan fingerprint density at radius 2 is 1.88 bits per heavy atom. The third-order valence-electron chi connectivity index (χ3n) is 4.33. The molecule has 0 unspecified atom stereocenters. The maximum Gasteiger partial charge on any atom is 0.252 e. The number of hydrogen-bond donors (Lipinski definition) is 1. The standard InChI is InChI=1S/C18H22N2O4S2/c21-18(19-10-13-24-16-5-2-1-3-6-16)15-8-11-20(12-9-15)26(22,23)17-7-4-14-25-17/h1-7,14-15H,8-13H2,(H,19,21). The van der Waals surface area contributed by atoms with E-state index in [9.17, 15) is 13.2 Å². The van der Waals surface area contributed by atoms with Gasteiger partial charge in [0.1, 0.15) is 16.6 Å². The van der Waals surface area contributed by atoms with Crippen molar-refractivity contribution >= 4 is 27.3 Å². The van der Waals surface area contributed by atoms with E-state index in [-0.39, 0.29) is 11.8 Å². The Morgan fingerprint density at radius 1 is 1.15 bits per heavy atom. The first kappa shape index (κ1) is 18.9. The summed E-state index contributed by atoms with van der Waals surface area (Å²) in [5.41, 5.74) is 0. The molecular formula is C18H22N2O4S2. The van der Waals surface area contributed by atoms with Crippen molar-refractivity contribution in [2.75, 3.05) is 26.2 Å². The Morgan fingerprint density at radius 3 is 2.54 bits per heavy atom. The average Bonchev–Trinajstić information content (AvgIpc) is 3.22. The maximum absolute atomic E-state index is 12.5. The number of piperidine rings is 1. The first-order valence-electron chi connectivity index (χ1n) is 8.56. The minimum absolute atomic E-state index is 0.0326. The Kier molecular flexibility index (Phi) is 6.29. The smallest absolute Gasteiger partial charge is 0.252 e.